The molecule has 2 amide bonds. The van der Waals surface area contributed by atoms with Crippen LogP contribution >= 0.6 is 0 Å². The predicted octanol–water partition coefficient (Wildman–Crippen LogP) is 3.30. The van der Waals surface area contributed by atoms with Crippen molar-refractivity contribution < 1.29 is 29.0 Å². The number of ether oxygens (including phenoxy) is 2. The molecule has 1 saturated carbocycles. The first-order valence-corrected chi connectivity index (χ1v) is 11.6. The fourth-order valence-electron chi connectivity index (χ4n) is 5.01. The second-order valence-corrected chi connectivity index (χ2v) is 8.92. The number of alkyl carbamates (subject to hydrolysis) is 1. The van der Waals surface area contributed by atoms with Crippen molar-refractivity contribution in [3.63, 3.8) is 0 Å². The number of benzene rings is 2. The topological polar surface area (TPSA) is 114 Å². The summed E-state index contributed by atoms with van der Waals surface area (Å²) in [6, 6.07) is 16.4. The Bertz CT molecular complexity index is 1010. The van der Waals surface area contributed by atoms with Gasteiger partial charge in [0, 0.05) is 25.5 Å². The van der Waals surface area contributed by atoms with Gasteiger partial charge < -0.3 is 25.2 Å². The van der Waals surface area contributed by atoms with E-state index in [0.717, 1.165) is 12.8 Å². The highest BCUT2D eigenvalue weighted by Crippen LogP contribution is 2.44. The quantitative estimate of drug-likeness (QED) is 0.523. The molecule has 2 aromatic carbocycles. The Labute approximate surface area is 198 Å². The minimum Gasteiger partial charge on any atom is -0.479 e. The van der Waals surface area contributed by atoms with E-state index in [1.165, 1.54) is 29.4 Å². The van der Waals surface area contributed by atoms with Crippen LogP contribution in [0, 0.1) is 5.92 Å². The summed E-state index contributed by atoms with van der Waals surface area (Å²) in [6.45, 7) is 0.196. The SMILES string of the molecule is COC(CNC(=O)CC1CCC(NC(=O)OCC2c3ccccc3-c3ccccc32)C1)C(=O)O. The molecule has 34 heavy (non-hydrogen) atoms. The highest BCUT2D eigenvalue weighted by Gasteiger charge is 2.31. The van der Waals surface area contributed by atoms with Crippen LogP contribution in [0.25, 0.3) is 11.1 Å². The molecule has 1 fully saturated rings. The number of rotatable bonds is 9. The zero-order valence-electron chi connectivity index (χ0n) is 19.2. The van der Waals surface area contributed by atoms with Gasteiger partial charge in [0.1, 0.15) is 6.61 Å². The van der Waals surface area contributed by atoms with Crippen LogP contribution < -0.4 is 10.6 Å². The zero-order valence-corrected chi connectivity index (χ0v) is 19.2. The summed E-state index contributed by atoms with van der Waals surface area (Å²) in [6.07, 6.45) is 1.06. The molecule has 8 heteroatoms. The van der Waals surface area contributed by atoms with Crippen LogP contribution in [0.4, 0.5) is 4.79 Å². The van der Waals surface area contributed by atoms with E-state index in [-0.39, 0.29) is 36.9 Å². The van der Waals surface area contributed by atoms with Crippen molar-refractivity contribution in [2.45, 2.75) is 43.7 Å². The largest absolute Gasteiger partial charge is 0.479 e. The number of aliphatic carboxylic acids is 1. The summed E-state index contributed by atoms with van der Waals surface area (Å²) in [5.74, 6) is -1.18. The van der Waals surface area contributed by atoms with Gasteiger partial charge in [-0.2, -0.15) is 0 Å². The lowest BCUT2D eigenvalue weighted by Crippen LogP contribution is -2.38. The zero-order chi connectivity index (χ0) is 24.1. The average Bonchev–Trinajstić information content (AvgIpc) is 3.39. The summed E-state index contributed by atoms with van der Waals surface area (Å²) in [5.41, 5.74) is 4.71. The second-order valence-electron chi connectivity index (χ2n) is 8.92. The monoisotopic (exact) mass is 466 g/mol. The van der Waals surface area contributed by atoms with Gasteiger partial charge in [0.05, 0.1) is 6.54 Å². The van der Waals surface area contributed by atoms with E-state index in [2.05, 4.69) is 34.9 Å². The van der Waals surface area contributed by atoms with E-state index in [9.17, 15) is 14.4 Å². The molecule has 2 aliphatic rings. The van der Waals surface area contributed by atoms with Crippen molar-refractivity contribution in [3.05, 3.63) is 59.7 Å². The first kappa shape index (κ1) is 23.8. The minimum atomic E-state index is -1.11. The molecule has 3 atom stereocenters. The van der Waals surface area contributed by atoms with E-state index in [4.69, 9.17) is 14.6 Å². The Kier molecular flexibility index (Phi) is 7.47. The Morgan fingerprint density at radius 3 is 2.29 bits per heavy atom. The van der Waals surface area contributed by atoms with Gasteiger partial charge in [-0.15, -0.1) is 0 Å². The highest BCUT2D eigenvalue weighted by atomic mass is 16.5. The molecule has 0 bridgehead atoms. The number of amides is 2. The second kappa shape index (κ2) is 10.7. The fourth-order valence-corrected chi connectivity index (χ4v) is 5.01. The van der Waals surface area contributed by atoms with Crippen LogP contribution in [-0.2, 0) is 19.1 Å². The maximum Gasteiger partial charge on any atom is 0.407 e. The first-order chi connectivity index (χ1) is 16.5. The molecule has 4 rings (SSSR count). The van der Waals surface area contributed by atoms with Gasteiger partial charge in [-0.25, -0.2) is 9.59 Å². The number of carboxylic acids is 1. The van der Waals surface area contributed by atoms with E-state index in [1.54, 1.807) is 0 Å². The van der Waals surface area contributed by atoms with Crippen molar-refractivity contribution in [3.8, 4) is 11.1 Å². The summed E-state index contributed by atoms with van der Waals surface area (Å²) in [7, 11) is 1.29. The maximum atomic E-state index is 12.5. The molecular formula is C26H30N2O6. The van der Waals surface area contributed by atoms with E-state index in [1.807, 2.05) is 24.3 Å². The summed E-state index contributed by atoms with van der Waals surface area (Å²) >= 11 is 0. The van der Waals surface area contributed by atoms with Gasteiger partial charge in [0.25, 0.3) is 0 Å². The number of methoxy groups -OCH3 is 1. The molecule has 0 saturated heterocycles. The lowest BCUT2D eigenvalue weighted by atomic mass is 9.98. The van der Waals surface area contributed by atoms with Gasteiger partial charge >= 0.3 is 12.1 Å². The molecular weight excluding hydrogens is 436 g/mol. The summed E-state index contributed by atoms with van der Waals surface area (Å²) < 4.78 is 10.4. The van der Waals surface area contributed by atoms with E-state index >= 15 is 0 Å². The molecule has 0 aliphatic heterocycles. The van der Waals surface area contributed by atoms with Crippen LogP contribution in [-0.4, -0.2) is 55.5 Å². The van der Waals surface area contributed by atoms with Crippen LogP contribution in [0.2, 0.25) is 0 Å². The van der Waals surface area contributed by atoms with Crippen LogP contribution in [0.1, 0.15) is 42.7 Å². The number of hydrogen-bond acceptors (Lipinski definition) is 5. The Balaban J connectivity index is 1.23. The lowest BCUT2D eigenvalue weighted by molar-refractivity contribution is -0.148. The number of carbonyl (C=O) groups is 3. The summed E-state index contributed by atoms with van der Waals surface area (Å²) in [5, 5.41) is 14.5. The van der Waals surface area contributed by atoms with Gasteiger partial charge in [-0.05, 0) is 47.4 Å². The number of hydrogen-bond donors (Lipinski definition) is 3. The Morgan fingerprint density at radius 2 is 1.68 bits per heavy atom. The number of nitrogens with one attached hydrogen (secondary N) is 2. The lowest BCUT2D eigenvalue weighted by Gasteiger charge is -2.17. The van der Waals surface area contributed by atoms with Crippen LogP contribution in [0.15, 0.2) is 48.5 Å². The Morgan fingerprint density at radius 1 is 1.03 bits per heavy atom. The molecule has 3 N–H and O–H groups in total. The molecule has 0 aromatic heterocycles. The number of carbonyl (C=O) groups excluding carboxylic acids is 2. The van der Waals surface area contributed by atoms with Gasteiger partial charge in [-0.3, -0.25) is 4.79 Å². The van der Waals surface area contributed by atoms with Crippen molar-refractivity contribution in [2.75, 3.05) is 20.3 Å². The van der Waals surface area contributed by atoms with E-state index in [0.29, 0.717) is 12.8 Å². The van der Waals surface area contributed by atoms with Crippen molar-refractivity contribution in [1.82, 2.24) is 10.6 Å². The third kappa shape index (κ3) is 5.39. The van der Waals surface area contributed by atoms with Crippen molar-refractivity contribution >= 4 is 18.0 Å². The molecule has 2 aromatic rings. The molecule has 180 valence electrons. The molecule has 8 nitrogen and oxygen atoms in total. The third-order valence-corrected chi connectivity index (χ3v) is 6.73. The fraction of sp³-hybridized carbons (Fsp3) is 0.423. The van der Waals surface area contributed by atoms with Crippen molar-refractivity contribution in [1.29, 1.82) is 0 Å². The third-order valence-electron chi connectivity index (χ3n) is 6.73. The first-order valence-electron chi connectivity index (χ1n) is 11.6. The average molecular weight is 467 g/mol. The highest BCUT2D eigenvalue weighted by molar-refractivity contribution is 5.79. The Hall–Kier alpha value is -3.39. The smallest absolute Gasteiger partial charge is 0.407 e. The van der Waals surface area contributed by atoms with Crippen molar-refractivity contribution in [2.24, 2.45) is 5.92 Å². The molecule has 2 aliphatic carbocycles. The number of carboxylic acid groups (broad SMARTS) is 1. The van der Waals surface area contributed by atoms with Crippen LogP contribution in [0.5, 0.6) is 0 Å². The minimum absolute atomic E-state index is 0.0138. The van der Waals surface area contributed by atoms with E-state index < -0.39 is 18.2 Å². The van der Waals surface area contributed by atoms with Gasteiger partial charge in [0.15, 0.2) is 6.10 Å². The molecule has 0 spiro atoms. The number of fused-ring (bicyclic) bond motifs is 3. The predicted molar refractivity (Wildman–Crippen MR) is 125 cm³/mol. The molecule has 3 unspecified atom stereocenters. The molecule has 0 heterocycles. The molecule has 0 radical (unpaired) electrons. The normalized spacial score (nSPS) is 19.7. The standard InChI is InChI=1S/C26H30N2O6/c1-33-23(25(30)31)14-27-24(29)13-16-10-11-17(12-16)28-26(32)34-15-22-20-8-4-2-6-18(20)19-7-3-5-9-21(19)22/h2-9,16-17,22-23H,10-15H2,1H3,(H,27,29)(H,28,32)(H,30,31). The van der Waals surface area contributed by atoms with Crippen LogP contribution in [0.3, 0.4) is 0 Å². The maximum absolute atomic E-state index is 12.5. The van der Waals surface area contributed by atoms with Gasteiger partial charge in [-0.1, -0.05) is 48.5 Å². The summed E-state index contributed by atoms with van der Waals surface area (Å²) in [4.78, 5) is 35.6. The van der Waals surface area contributed by atoms with Gasteiger partial charge in [0.2, 0.25) is 5.91 Å².